The van der Waals surface area contributed by atoms with Crippen LogP contribution in [0.5, 0.6) is 0 Å². The molecule has 11 atom stereocenters. The SMILES string of the molecule is CC(=O)OC1CC2(C)C(CCC3C4(C)CCC(O)C(C)C4C(OC(=O)CC(=O)O)C(O)C32C)/C1=C(\CCCC(C)C)C(=O)O. The molecule has 0 aromatic carbocycles. The van der Waals surface area contributed by atoms with E-state index in [1.54, 1.807) is 0 Å². The van der Waals surface area contributed by atoms with Crippen LogP contribution in [0.25, 0.3) is 0 Å². The summed E-state index contributed by atoms with van der Waals surface area (Å²) in [6.07, 6.45) is 0.151. The highest BCUT2D eigenvalue weighted by Gasteiger charge is 2.74. The standard InChI is InChI=1S/C34H52O10/c1-17(2)9-8-10-20(31(41)42)27-21-11-12-24-32(5)14-13-22(36)18(3)28(32)29(44-26(39)15-25(37)38)30(40)34(24,7)33(21,6)16-23(27)43-19(4)35/h17-18,21-24,28-30,36,40H,8-16H2,1-7H3,(H,37,38)(H,41,42)/b27-20-. The fraction of sp³-hybridized carbons (Fsp3) is 0.824. The summed E-state index contributed by atoms with van der Waals surface area (Å²) >= 11 is 0. The first-order chi connectivity index (χ1) is 20.4. The quantitative estimate of drug-likeness (QED) is 0.161. The minimum atomic E-state index is -1.33. The molecule has 0 spiro atoms. The third-order valence-electron chi connectivity index (χ3n) is 12.5. The van der Waals surface area contributed by atoms with Crippen LogP contribution < -0.4 is 0 Å². The lowest BCUT2D eigenvalue weighted by Crippen LogP contribution is -2.72. The number of aliphatic hydroxyl groups excluding tert-OH is 2. The monoisotopic (exact) mass is 620 g/mol. The van der Waals surface area contributed by atoms with Gasteiger partial charge in [0, 0.05) is 23.8 Å². The van der Waals surface area contributed by atoms with E-state index in [0.29, 0.717) is 56.4 Å². The van der Waals surface area contributed by atoms with Gasteiger partial charge in [0.25, 0.3) is 0 Å². The number of hydrogen-bond donors (Lipinski definition) is 4. The molecular formula is C34H52O10. The van der Waals surface area contributed by atoms with E-state index in [2.05, 4.69) is 20.8 Å². The number of aliphatic hydroxyl groups is 2. The van der Waals surface area contributed by atoms with Crippen molar-refractivity contribution in [3.8, 4) is 0 Å². The number of carbonyl (C=O) groups excluding carboxylic acids is 2. The van der Waals surface area contributed by atoms with Crippen LogP contribution in [0.2, 0.25) is 0 Å². The van der Waals surface area contributed by atoms with Crippen LogP contribution >= 0.6 is 0 Å². The third kappa shape index (κ3) is 5.59. The second-order valence-electron chi connectivity index (χ2n) is 15.2. The van der Waals surface area contributed by atoms with E-state index in [1.807, 2.05) is 20.8 Å². The van der Waals surface area contributed by atoms with E-state index in [4.69, 9.17) is 9.47 Å². The summed E-state index contributed by atoms with van der Waals surface area (Å²) in [6.45, 7) is 13.6. The molecule has 4 N–H and O–H groups in total. The summed E-state index contributed by atoms with van der Waals surface area (Å²) in [6, 6.07) is 0. The summed E-state index contributed by atoms with van der Waals surface area (Å²) < 4.78 is 11.8. The van der Waals surface area contributed by atoms with Gasteiger partial charge in [-0.05, 0) is 85.0 Å². The van der Waals surface area contributed by atoms with Crippen LogP contribution in [0.4, 0.5) is 0 Å². The average Bonchev–Trinajstić information content (AvgIpc) is 3.18. The van der Waals surface area contributed by atoms with E-state index >= 15 is 0 Å². The van der Waals surface area contributed by atoms with Gasteiger partial charge in [-0.2, -0.15) is 0 Å². The van der Waals surface area contributed by atoms with Gasteiger partial charge in [-0.3, -0.25) is 14.4 Å². The van der Waals surface area contributed by atoms with Crippen LogP contribution in [0.15, 0.2) is 11.1 Å². The van der Waals surface area contributed by atoms with Crippen molar-refractivity contribution in [1.29, 1.82) is 0 Å². The second-order valence-corrected chi connectivity index (χ2v) is 15.2. The van der Waals surface area contributed by atoms with E-state index in [9.17, 15) is 39.6 Å². The molecule has 0 saturated heterocycles. The van der Waals surface area contributed by atoms with Crippen LogP contribution in [-0.4, -0.2) is 68.7 Å². The third-order valence-corrected chi connectivity index (χ3v) is 12.5. The molecule has 0 bridgehead atoms. The van der Waals surface area contributed by atoms with Crippen molar-refractivity contribution in [2.45, 2.75) is 131 Å². The van der Waals surface area contributed by atoms with Gasteiger partial charge in [0.15, 0.2) is 0 Å². The van der Waals surface area contributed by atoms with Crippen LogP contribution in [0.1, 0.15) is 106 Å². The Labute approximate surface area is 260 Å². The second kappa shape index (κ2) is 12.4. The van der Waals surface area contributed by atoms with Gasteiger partial charge < -0.3 is 29.9 Å². The largest absolute Gasteiger partial charge is 0.481 e. The number of carboxylic acids is 2. The number of aliphatic carboxylic acids is 2. The minimum absolute atomic E-state index is 0.0767. The van der Waals surface area contributed by atoms with Gasteiger partial charge in [-0.15, -0.1) is 0 Å². The maximum atomic E-state index is 12.8. The van der Waals surface area contributed by atoms with Crippen molar-refractivity contribution >= 4 is 23.9 Å². The molecule has 0 radical (unpaired) electrons. The molecule has 248 valence electrons. The molecule has 0 amide bonds. The number of carbonyl (C=O) groups is 4. The molecule has 4 rings (SSSR count). The Bertz CT molecular complexity index is 1190. The molecule has 0 heterocycles. The molecule has 10 heteroatoms. The molecule has 4 aliphatic carbocycles. The molecule has 0 aliphatic heterocycles. The van der Waals surface area contributed by atoms with Gasteiger partial charge in [-0.1, -0.05) is 48.0 Å². The molecule has 0 aromatic heterocycles. The maximum Gasteiger partial charge on any atom is 0.331 e. The molecule has 4 fully saturated rings. The molecule has 44 heavy (non-hydrogen) atoms. The summed E-state index contributed by atoms with van der Waals surface area (Å²) in [5.74, 6) is -4.50. The van der Waals surface area contributed by atoms with E-state index in [-0.39, 0.29) is 23.3 Å². The normalized spacial score (nSPS) is 42.5. The average molecular weight is 621 g/mol. The highest BCUT2D eigenvalue weighted by Crippen LogP contribution is 2.74. The molecule has 10 nitrogen and oxygen atoms in total. The smallest absolute Gasteiger partial charge is 0.331 e. The number of esters is 2. The van der Waals surface area contributed by atoms with Gasteiger partial charge >= 0.3 is 23.9 Å². The molecule has 4 aliphatic rings. The summed E-state index contributed by atoms with van der Waals surface area (Å²) in [7, 11) is 0. The molecule has 11 unspecified atom stereocenters. The maximum absolute atomic E-state index is 12.8. The Kier molecular flexibility index (Phi) is 9.69. The van der Waals surface area contributed by atoms with Crippen LogP contribution in [0, 0.1) is 45.8 Å². The van der Waals surface area contributed by atoms with Gasteiger partial charge in [0.2, 0.25) is 0 Å². The fourth-order valence-electron chi connectivity index (χ4n) is 10.4. The topological polar surface area (TPSA) is 168 Å². The van der Waals surface area contributed by atoms with E-state index < -0.39 is 76.9 Å². The van der Waals surface area contributed by atoms with Crippen molar-refractivity contribution in [3.05, 3.63) is 11.1 Å². The Morgan fingerprint density at radius 3 is 2.23 bits per heavy atom. The first kappa shape index (κ1) is 34.4. The molecule has 0 aromatic rings. The number of hydrogen-bond acceptors (Lipinski definition) is 8. The zero-order valence-electron chi connectivity index (χ0n) is 27.3. The molecular weight excluding hydrogens is 568 g/mol. The number of rotatable bonds is 9. The first-order valence-electron chi connectivity index (χ1n) is 16.3. The van der Waals surface area contributed by atoms with Gasteiger partial charge in [-0.25, -0.2) is 4.79 Å². The lowest BCUT2D eigenvalue weighted by atomic mass is 9.35. The van der Waals surface area contributed by atoms with Crippen molar-refractivity contribution < 1.29 is 49.1 Å². The lowest BCUT2D eigenvalue weighted by Gasteiger charge is -2.70. The zero-order valence-corrected chi connectivity index (χ0v) is 27.3. The Hall–Kier alpha value is -2.46. The lowest BCUT2D eigenvalue weighted by molar-refractivity contribution is -0.288. The first-order valence-corrected chi connectivity index (χ1v) is 16.3. The van der Waals surface area contributed by atoms with E-state index in [0.717, 1.165) is 6.42 Å². The predicted molar refractivity (Wildman–Crippen MR) is 160 cm³/mol. The predicted octanol–water partition coefficient (Wildman–Crippen LogP) is 4.74. The van der Waals surface area contributed by atoms with Gasteiger partial charge in [0.1, 0.15) is 18.6 Å². The highest BCUT2D eigenvalue weighted by atomic mass is 16.6. The summed E-state index contributed by atoms with van der Waals surface area (Å²) in [5, 5.41) is 43.1. The van der Waals surface area contributed by atoms with Crippen molar-refractivity contribution in [2.24, 2.45) is 45.8 Å². The van der Waals surface area contributed by atoms with E-state index in [1.165, 1.54) is 6.92 Å². The summed E-state index contributed by atoms with van der Waals surface area (Å²) in [5.41, 5.74) is -1.22. The van der Waals surface area contributed by atoms with Crippen molar-refractivity contribution in [1.82, 2.24) is 0 Å². The highest BCUT2D eigenvalue weighted by molar-refractivity contribution is 5.90. The van der Waals surface area contributed by atoms with Gasteiger partial charge in [0.05, 0.1) is 12.2 Å². The fourth-order valence-corrected chi connectivity index (χ4v) is 10.4. The Morgan fingerprint density at radius 2 is 1.66 bits per heavy atom. The van der Waals surface area contributed by atoms with Crippen molar-refractivity contribution in [2.75, 3.05) is 0 Å². The zero-order chi connectivity index (χ0) is 32.9. The Morgan fingerprint density at radius 1 is 1.00 bits per heavy atom. The van der Waals surface area contributed by atoms with Crippen LogP contribution in [0.3, 0.4) is 0 Å². The number of fused-ring (bicyclic) bond motifs is 5. The van der Waals surface area contributed by atoms with Crippen molar-refractivity contribution in [3.63, 3.8) is 0 Å². The number of carboxylic acid groups (broad SMARTS) is 2. The van der Waals surface area contributed by atoms with Crippen LogP contribution in [-0.2, 0) is 28.7 Å². The summed E-state index contributed by atoms with van der Waals surface area (Å²) in [4.78, 5) is 49.4. The molecule has 4 saturated carbocycles. The number of ether oxygens (including phenoxy) is 2. The Balaban J connectivity index is 1.87. The minimum Gasteiger partial charge on any atom is -0.481 e.